The number of aliphatic hydroxyl groups is 1. The van der Waals surface area contributed by atoms with Crippen LogP contribution in [-0.2, 0) is 17.6 Å². The van der Waals surface area contributed by atoms with Gasteiger partial charge in [-0.3, -0.25) is 0 Å². The lowest BCUT2D eigenvalue weighted by Gasteiger charge is -2.24. The van der Waals surface area contributed by atoms with Crippen molar-refractivity contribution in [3.05, 3.63) is 11.3 Å². The quantitative estimate of drug-likeness (QED) is 0.902. The molecule has 2 fully saturated rings. The van der Waals surface area contributed by atoms with E-state index in [9.17, 15) is 5.11 Å². The highest BCUT2D eigenvalue weighted by Gasteiger charge is 2.31. The van der Waals surface area contributed by atoms with Crippen LogP contribution in [0.15, 0.2) is 0 Å². The molecule has 0 aromatic carbocycles. The van der Waals surface area contributed by atoms with Crippen LogP contribution >= 0.6 is 0 Å². The van der Waals surface area contributed by atoms with Gasteiger partial charge < -0.3 is 19.5 Å². The fraction of sp³-hybridized carbons (Fsp3) is 0.750. The number of anilines is 1. The lowest BCUT2D eigenvalue weighted by molar-refractivity contribution is 0.0694. The second-order valence-corrected chi connectivity index (χ2v) is 6.42. The summed E-state index contributed by atoms with van der Waals surface area (Å²) in [5, 5.41) is 9.93. The first-order chi connectivity index (χ1) is 10.8. The molecule has 0 amide bonds. The van der Waals surface area contributed by atoms with E-state index in [1.807, 2.05) is 0 Å². The zero-order chi connectivity index (χ0) is 14.9. The predicted octanol–water partition coefficient (Wildman–Crippen LogP) is 1.09. The van der Waals surface area contributed by atoms with E-state index in [-0.39, 0.29) is 6.10 Å². The predicted molar refractivity (Wildman–Crippen MR) is 81.4 cm³/mol. The Morgan fingerprint density at radius 3 is 2.64 bits per heavy atom. The van der Waals surface area contributed by atoms with Crippen LogP contribution in [0.1, 0.15) is 36.9 Å². The molecular formula is C16H23N3O3. The Bertz CT molecular complexity index is 546. The largest absolute Gasteiger partial charge is 0.469 e. The van der Waals surface area contributed by atoms with Gasteiger partial charge in [-0.25, -0.2) is 4.98 Å². The molecule has 1 aliphatic carbocycles. The number of hydrogen-bond donors (Lipinski definition) is 1. The molecule has 0 bridgehead atoms. The van der Waals surface area contributed by atoms with Crippen LogP contribution in [0.25, 0.3) is 0 Å². The van der Waals surface area contributed by atoms with E-state index in [1.165, 1.54) is 19.3 Å². The molecule has 120 valence electrons. The summed E-state index contributed by atoms with van der Waals surface area (Å²) >= 11 is 0. The van der Waals surface area contributed by atoms with Crippen molar-refractivity contribution in [2.45, 2.75) is 50.7 Å². The molecule has 3 heterocycles. The Balaban J connectivity index is 1.66. The molecule has 2 aliphatic heterocycles. The first-order valence-corrected chi connectivity index (χ1v) is 8.38. The van der Waals surface area contributed by atoms with Crippen molar-refractivity contribution in [3.8, 4) is 5.88 Å². The van der Waals surface area contributed by atoms with Crippen LogP contribution in [0, 0.1) is 0 Å². The number of nitrogens with zero attached hydrogens (tertiary/aromatic N) is 3. The zero-order valence-corrected chi connectivity index (χ0v) is 12.8. The molecule has 0 spiro atoms. The highest BCUT2D eigenvalue weighted by atomic mass is 16.6. The monoisotopic (exact) mass is 305 g/mol. The minimum absolute atomic E-state index is 0.313. The number of fused-ring (bicyclic) bond motifs is 1. The fourth-order valence-electron chi connectivity index (χ4n) is 3.48. The van der Waals surface area contributed by atoms with Gasteiger partial charge in [-0.15, -0.1) is 0 Å². The minimum Gasteiger partial charge on any atom is -0.469 e. The summed E-state index contributed by atoms with van der Waals surface area (Å²) in [5.74, 6) is 1.46. The lowest BCUT2D eigenvalue weighted by Crippen LogP contribution is -2.31. The third kappa shape index (κ3) is 2.65. The maximum Gasteiger partial charge on any atom is 0.228 e. The standard InChI is InChI=1S/C16H23N3O3/c20-13-9-21-10-14(13)22-15-11-5-1-2-6-12(11)17-16(18-15)19-7-3-4-8-19/h13-14,20H,1-10H2/t13-,14+/m0/s1. The number of rotatable bonds is 3. The van der Waals surface area contributed by atoms with Crippen molar-refractivity contribution >= 4 is 5.95 Å². The molecule has 0 saturated carbocycles. The van der Waals surface area contributed by atoms with Crippen molar-refractivity contribution in [2.75, 3.05) is 31.2 Å². The van der Waals surface area contributed by atoms with Crippen LogP contribution in [0.5, 0.6) is 5.88 Å². The molecule has 2 saturated heterocycles. The summed E-state index contributed by atoms with van der Waals surface area (Å²) in [5.41, 5.74) is 2.26. The number of hydrogen-bond acceptors (Lipinski definition) is 6. The highest BCUT2D eigenvalue weighted by molar-refractivity contribution is 5.42. The van der Waals surface area contributed by atoms with Crippen LogP contribution < -0.4 is 9.64 Å². The summed E-state index contributed by atoms with van der Waals surface area (Å²) in [4.78, 5) is 11.7. The molecule has 1 aromatic heterocycles. The van der Waals surface area contributed by atoms with Crippen molar-refractivity contribution in [1.29, 1.82) is 0 Å². The van der Waals surface area contributed by atoms with Gasteiger partial charge in [0.1, 0.15) is 6.10 Å². The Kier molecular flexibility index (Phi) is 3.88. The third-order valence-corrected chi connectivity index (χ3v) is 4.79. The van der Waals surface area contributed by atoms with E-state index in [4.69, 9.17) is 19.4 Å². The molecule has 4 rings (SSSR count). The zero-order valence-electron chi connectivity index (χ0n) is 12.8. The second-order valence-electron chi connectivity index (χ2n) is 6.42. The first-order valence-electron chi connectivity index (χ1n) is 8.38. The van der Waals surface area contributed by atoms with E-state index >= 15 is 0 Å². The molecule has 0 unspecified atom stereocenters. The van der Waals surface area contributed by atoms with Crippen LogP contribution in [0.2, 0.25) is 0 Å². The number of aryl methyl sites for hydroxylation is 1. The van der Waals surface area contributed by atoms with E-state index < -0.39 is 6.10 Å². The molecule has 3 aliphatic rings. The Morgan fingerprint density at radius 1 is 1.05 bits per heavy atom. The van der Waals surface area contributed by atoms with Crippen LogP contribution in [0.4, 0.5) is 5.95 Å². The highest BCUT2D eigenvalue weighted by Crippen LogP contribution is 2.31. The second kappa shape index (κ2) is 6.01. The molecule has 22 heavy (non-hydrogen) atoms. The van der Waals surface area contributed by atoms with Crippen LogP contribution in [-0.4, -0.2) is 53.6 Å². The van der Waals surface area contributed by atoms with Crippen molar-refractivity contribution in [2.24, 2.45) is 0 Å². The molecule has 6 nitrogen and oxygen atoms in total. The van der Waals surface area contributed by atoms with E-state index in [0.717, 1.165) is 49.6 Å². The minimum atomic E-state index is -0.565. The summed E-state index contributed by atoms with van der Waals surface area (Å²) in [6.07, 6.45) is 5.82. The molecule has 0 radical (unpaired) electrons. The smallest absolute Gasteiger partial charge is 0.228 e. The van der Waals surface area contributed by atoms with Crippen molar-refractivity contribution in [1.82, 2.24) is 9.97 Å². The van der Waals surface area contributed by atoms with Gasteiger partial charge in [-0.2, -0.15) is 4.98 Å². The van der Waals surface area contributed by atoms with Crippen molar-refractivity contribution < 1.29 is 14.6 Å². The molecule has 2 atom stereocenters. The number of ether oxygens (including phenoxy) is 2. The average molecular weight is 305 g/mol. The van der Waals surface area contributed by atoms with Gasteiger partial charge in [0.2, 0.25) is 11.8 Å². The summed E-state index contributed by atoms with van der Waals surface area (Å²) < 4.78 is 11.3. The number of aliphatic hydroxyl groups excluding tert-OH is 1. The van der Waals surface area contributed by atoms with Crippen LogP contribution in [0.3, 0.4) is 0 Å². The molecule has 1 N–H and O–H groups in total. The van der Waals surface area contributed by atoms with Gasteiger partial charge in [0.05, 0.1) is 18.9 Å². The van der Waals surface area contributed by atoms with Gasteiger partial charge in [0.15, 0.2) is 6.10 Å². The first kappa shape index (κ1) is 14.2. The SMILES string of the molecule is O[C@H]1COC[C@H]1Oc1nc(N2CCCC2)nc2c1CCCC2. The maximum absolute atomic E-state index is 9.93. The van der Waals surface area contributed by atoms with E-state index in [2.05, 4.69) is 4.90 Å². The van der Waals surface area contributed by atoms with Gasteiger partial charge in [-0.1, -0.05) is 0 Å². The summed E-state index contributed by atoms with van der Waals surface area (Å²) in [6.45, 7) is 2.82. The fourth-order valence-corrected chi connectivity index (χ4v) is 3.48. The van der Waals surface area contributed by atoms with Gasteiger partial charge in [-0.05, 0) is 38.5 Å². The maximum atomic E-state index is 9.93. The Morgan fingerprint density at radius 2 is 1.86 bits per heavy atom. The Labute approximate surface area is 130 Å². The summed E-state index contributed by atoms with van der Waals surface area (Å²) in [6, 6.07) is 0. The Hall–Kier alpha value is -1.40. The molecule has 6 heteroatoms. The average Bonchev–Trinajstić information content (AvgIpc) is 3.20. The van der Waals surface area contributed by atoms with Gasteiger partial charge in [0.25, 0.3) is 0 Å². The third-order valence-electron chi connectivity index (χ3n) is 4.79. The van der Waals surface area contributed by atoms with Crippen molar-refractivity contribution in [3.63, 3.8) is 0 Å². The molecule has 1 aromatic rings. The van der Waals surface area contributed by atoms with E-state index in [0.29, 0.717) is 19.1 Å². The van der Waals surface area contributed by atoms with Gasteiger partial charge in [0, 0.05) is 18.7 Å². The molecular weight excluding hydrogens is 282 g/mol. The number of aromatic nitrogens is 2. The lowest BCUT2D eigenvalue weighted by atomic mass is 9.97. The topological polar surface area (TPSA) is 67.7 Å². The van der Waals surface area contributed by atoms with E-state index in [1.54, 1.807) is 0 Å². The van der Waals surface area contributed by atoms with Gasteiger partial charge >= 0.3 is 0 Å². The normalized spacial score (nSPS) is 28.0. The summed E-state index contributed by atoms with van der Waals surface area (Å²) in [7, 11) is 0.